The molecule has 7 heavy (non-hydrogen) atoms. The van der Waals surface area contributed by atoms with E-state index in [9.17, 15) is 0 Å². The predicted octanol–water partition coefficient (Wildman–Crippen LogP) is 0.262. The van der Waals surface area contributed by atoms with Gasteiger partial charge < -0.3 is 10.2 Å². The van der Waals surface area contributed by atoms with Crippen LogP contribution >= 0.6 is 0 Å². The largest absolute Gasteiger partial charge is 0.497 e. The molecule has 0 atom stereocenters. The molecule has 0 amide bonds. The van der Waals surface area contributed by atoms with Crippen molar-refractivity contribution in [3.63, 3.8) is 0 Å². The van der Waals surface area contributed by atoms with Crippen LogP contribution in [0.15, 0.2) is 24.5 Å². The first kappa shape index (κ1) is 6.24. The normalized spacial score (nSPS) is 14.9. The molecule has 0 aromatic carbocycles. The van der Waals surface area contributed by atoms with Crippen LogP contribution in [0, 0.1) is 0 Å². The molecule has 0 aromatic rings. The summed E-state index contributed by atoms with van der Waals surface area (Å²) in [5.74, 6) is 0. The molecule has 1 rings (SSSR count). The van der Waals surface area contributed by atoms with Crippen molar-refractivity contribution in [1.29, 1.82) is 0 Å². The van der Waals surface area contributed by atoms with Crippen LogP contribution in [-0.2, 0) is 4.74 Å². The molecule has 0 unspecified atom stereocenters. The third kappa shape index (κ3) is 2.00. The van der Waals surface area contributed by atoms with Gasteiger partial charge in [-0.2, -0.15) is 0 Å². The van der Waals surface area contributed by atoms with Crippen molar-refractivity contribution in [1.82, 2.24) is 0 Å². The number of rotatable bonds is 0. The van der Waals surface area contributed by atoms with Gasteiger partial charge in [0.2, 0.25) is 0 Å². The Bertz CT molecular complexity index is 72.1. The maximum absolute atomic E-state index is 4.80. The van der Waals surface area contributed by atoms with Gasteiger partial charge in [0.05, 0.1) is 6.26 Å². The van der Waals surface area contributed by atoms with Gasteiger partial charge in [-0.3, -0.25) is 0 Å². The molecule has 0 saturated heterocycles. The summed E-state index contributed by atoms with van der Waals surface area (Å²) in [5, 5.41) is 0. The van der Waals surface area contributed by atoms with Crippen LogP contribution in [0.2, 0.25) is 0 Å². The van der Waals surface area contributed by atoms with Crippen molar-refractivity contribution in [3.8, 4) is 0 Å². The fraction of sp³-hybridized carbons (Fsp3) is 0.200. The molecule has 1 heterocycles. The average Bonchev–Trinajstić information content (AvgIpc) is 1.72. The first-order valence-corrected chi connectivity index (χ1v) is 1.93. The van der Waals surface area contributed by atoms with Crippen molar-refractivity contribution < 1.29 is 10.2 Å². The minimum atomic E-state index is 0. The predicted molar refractivity (Wildman–Crippen MR) is 27.8 cm³/mol. The van der Waals surface area contributed by atoms with Crippen molar-refractivity contribution in [2.24, 2.45) is 0 Å². The molecular weight excluding hydrogens is 88.1 g/mol. The molecule has 2 heteroatoms. The minimum Gasteiger partial charge on any atom is -0.497 e. The van der Waals surface area contributed by atoms with Crippen molar-refractivity contribution in [3.05, 3.63) is 24.5 Å². The Morgan fingerprint density at radius 2 is 2.14 bits per heavy atom. The smallest absolute Gasteiger partial charge is 0.106 e. The fourth-order valence-electron chi connectivity index (χ4n) is 0.346. The fourth-order valence-corrected chi connectivity index (χ4v) is 0.346. The van der Waals surface area contributed by atoms with Gasteiger partial charge in [0, 0.05) is 0 Å². The zero-order valence-electron chi connectivity index (χ0n) is 3.92. The summed E-state index contributed by atoms with van der Waals surface area (Å²) in [5.41, 5.74) is 0. The number of hydrogen-bond acceptors (Lipinski definition) is 1. The molecule has 40 valence electrons. The maximum Gasteiger partial charge on any atom is 0.106 e. The molecule has 0 bridgehead atoms. The lowest BCUT2D eigenvalue weighted by molar-refractivity contribution is 0.286. The maximum atomic E-state index is 4.80. The Labute approximate surface area is 42.4 Å². The highest BCUT2D eigenvalue weighted by molar-refractivity contribution is 5.02. The van der Waals surface area contributed by atoms with E-state index >= 15 is 0 Å². The third-order valence-corrected chi connectivity index (χ3v) is 0.614. The molecule has 0 fully saturated rings. The first-order chi connectivity index (χ1) is 3.00. The highest BCUT2D eigenvalue weighted by Gasteiger charge is 1.75. The molecule has 0 aliphatic carbocycles. The molecule has 2 N–H and O–H groups in total. The second-order valence-electron chi connectivity index (χ2n) is 1.09. The van der Waals surface area contributed by atoms with Gasteiger partial charge in [-0.15, -0.1) is 0 Å². The van der Waals surface area contributed by atoms with Crippen molar-refractivity contribution in [2.45, 2.75) is 0 Å². The minimum absolute atomic E-state index is 0. The molecule has 0 spiro atoms. The van der Waals surface area contributed by atoms with Crippen LogP contribution in [-0.4, -0.2) is 12.1 Å². The quantitative estimate of drug-likeness (QED) is 0.426. The van der Waals surface area contributed by atoms with Crippen molar-refractivity contribution in [2.75, 3.05) is 6.61 Å². The Morgan fingerprint density at radius 1 is 1.29 bits per heavy atom. The molecule has 1 aliphatic heterocycles. The van der Waals surface area contributed by atoms with Gasteiger partial charge in [-0.25, -0.2) is 0 Å². The van der Waals surface area contributed by atoms with Gasteiger partial charge in [-0.1, -0.05) is 6.08 Å². The zero-order valence-corrected chi connectivity index (χ0v) is 3.92. The van der Waals surface area contributed by atoms with Crippen LogP contribution < -0.4 is 0 Å². The summed E-state index contributed by atoms with van der Waals surface area (Å²) in [6, 6.07) is 0. The lowest BCUT2D eigenvalue weighted by Crippen LogP contribution is -1.82. The highest BCUT2D eigenvalue weighted by Crippen LogP contribution is 1.87. The van der Waals surface area contributed by atoms with Gasteiger partial charge in [0.25, 0.3) is 0 Å². The highest BCUT2D eigenvalue weighted by atomic mass is 16.5. The lowest BCUT2D eigenvalue weighted by Gasteiger charge is -1.94. The van der Waals surface area contributed by atoms with E-state index in [0.29, 0.717) is 0 Å². The molecular formula is C5H8O2. The summed E-state index contributed by atoms with van der Waals surface area (Å²) in [7, 11) is 0. The first-order valence-electron chi connectivity index (χ1n) is 1.93. The van der Waals surface area contributed by atoms with Gasteiger partial charge >= 0.3 is 0 Å². The second-order valence-corrected chi connectivity index (χ2v) is 1.09. The Hall–Kier alpha value is -0.760. The van der Waals surface area contributed by atoms with Gasteiger partial charge in [0.1, 0.15) is 6.61 Å². The Balaban J connectivity index is 0.000000360. The van der Waals surface area contributed by atoms with Crippen LogP contribution in [0.1, 0.15) is 0 Å². The monoisotopic (exact) mass is 96.1 g/mol. The van der Waals surface area contributed by atoms with E-state index in [2.05, 4.69) is 0 Å². The summed E-state index contributed by atoms with van der Waals surface area (Å²) in [6.07, 6.45) is 7.47. The average molecular weight is 96.2 g/mol. The van der Waals surface area contributed by atoms with Gasteiger partial charge in [0.15, 0.2) is 0 Å². The SMILES string of the molecule is C1=CCOC=C1.[12OH2]. The van der Waals surface area contributed by atoms with Crippen LogP contribution in [0.3, 0.4) is 0 Å². The van der Waals surface area contributed by atoms with E-state index in [1.54, 1.807) is 6.26 Å². The van der Waals surface area contributed by atoms with E-state index < -0.39 is 0 Å². The van der Waals surface area contributed by atoms with Crippen molar-refractivity contribution >= 4 is 0 Å². The molecule has 0 radical (unpaired) electrons. The summed E-state index contributed by atoms with van der Waals surface area (Å²) >= 11 is 0. The zero-order chi connectivity index (χ0) is 4.24. The standard InChI is InChI=1S/C5H6O.H2O/c1-2-4-6-5-3-1;/h1-4H,5H2;1H2/i;1-4. The summed E-state index contributed by atoms with van der Waals surface area (Å²) in [6.45, 7) is 0.733. The number of ether oxygens (including phenoxy) is 1. The number of hydrogen-bond donors (Lipinski definition) is 0. The van der Waals surface area contributed by atoms with E-state index in [0.717, 1.165) is 6.61 Å². The van der Waals surface area contributed by atoms with E-state index in [4.69, 9.17) is 4.74 Å². The molecule has 1 aliphatic rings. The third-order valence-electron chi connectivity index (χ3n) is 0.614. The number of allylic oxidation sites excluding steroid dienone is 2. The van der Waals surface area contributed by atoms with Crippen LogP contribution in [0.25, 0.3) is 0 Å². The molecule has 2 nitrogen and oxygen atoms in total. The van der Waals surface area contributed by atoms with E-state index in [1.807, 2.05) is 18.2 Å². The van der Waals surface area contributed by atoms with E-state index in [-0.39, 0.29) is 5.48 Å². The topological polar surface area (TPSA) is 40.7 Å². The second kappa shape index (κ2) is 3.43. The Morgan fingerprint density at radius 3 is 2.29 bits per heavy atom. The molecule has 0 aromatic heterocycles. The van der Waals surface area contributed by atoms with Crippen LogP contribution in [0.5, 0.6) is 0 Å². The lowest BCUT2D eigenvalue weighted by atomic mass is 10.5. The Kier molecular flexibility index (Phi) is 3.06. The molecule has 0 saturated carbocycles. The summed E-state index contributed by atoms with van der Waals surface area (Å²) < 4.78 is 4.80. The van der Waals surface area contributed by atoms with E-state index in [1.165, 1.54) is 0 Å². The summed E-state index contributed by atoms with van der Waals surface area (Å²) in [4.78, 5) is 0. The van der Waals surface area contributed by atoms with Crippen LogP contribution in [0.4, 0.5) is 0 Å². The van der Waals surface area contributed by atoms with Gasteiger partial charge in [-0.05, 0) is 12.2 Å².